The van der Waals surface area contributed by atoms with E-state index in [1.165, 1.54) is 23.5 Å². The largest absolute Gasteiger partial charge is 0.370 e. The van der Waals surface area contributed by atoms with Gasteiger partial charge in [0, 0.05) is 31.1 Å². The van der Waals surface area contributed by atoms with E-state index in [4.69, 9.17) is 0 Å². The molecule has 2 rings (SSSR count). The Hall–Kier alpha value is -0.740. The molecule has 100 valence electrons. The Morgan fingerprint density at radius 2 is 2.39 bits per heavy atom. The molecule has 3 nitrogen and oxygen atoms in total. The van der Waals surface area contributed by atoms with E-state index in [1.807, 2.05) is 6.20 Å². The zero-order chi connectivity index (χ0) is 12.8. The highest BCUT2D eigenvalue weighted by atomic mass is 32.2. The molecule has 0 bridgehead atoms. The van der Waals surface area contributed by atoms with Crippen molar-refractivity contribution in [1.29, 1.82) is 0 Å². The Morgan fingerprint density at radius 3 is 3.00 bits per heavy atom. The summed E-state index contributed by atoms with van der Waals surface area (Å²) in [4.78, 5) is 6.91. The summed E-state index contributed by atoms with van der Waals surface area (Å²) in [5.74, 6) is 3.58. The molecule has 0 amide bonds. The van der Waals surface area contributed by atoms with E-state index >= 15 is 0 Å². The molecular formula is C14H23N3S. The van der Waals surface area contributed by atoms with Gasteiger partial charge in [-0.05, 0) is 37.3 Å². The molecule has 18 heavy (non-hydrogen) atoms. The van der Waals surface area contributed by atoms with Gasteiger partial charge in [-0.1, -0.05) is 13.0 Å². The fourth-order valence-corrected chi connectivity index (χ4v) is 3.46. The van der Waals surface area contributed by atoms with E-state index in [2.05, 4.69) is 53.1 Å². The minimum Gasteiger partial charge on any atom is -0.370 e. The molecule has 1 unspecified atom stereocenters. The summed E-state index contributed by atoms with van der Waals surface area (Å²) < 4.78 is 0. The van der Waals surface area contributed by atoms with Crippen LogP contribution >= 0.6 is 11.8 Å². The molecule has 0 saturated carbocycles. The molecule has 2 heterocycles. The van der Waals surface area contributed by atoms with Crippen LogP contribution in [0.3, 0.4) is 0 Å². The highest BCUT2D eigenvalue weighted by Gasteiger charge is 2.19. The fourth-order valence-electron chi connectivity index (χ4n) is 2.16. The smallest absolute Gasteiger partial charge is 0.125 e. The molecule has 1 aliphatic rings. The zero-order valence-electron chi connectivity index (χ0n) is 11.4. The van der Waals surface area contributed by atoms with Crippen LogP contribution in [0.15, 0.2) is 18.3 Å². The maximum Gasteiger partial charge on any atom is 0.125 e. The lowest BCUT2D eigenvalue weighted by Crippen LogP contribution is -2.30. The standard InChI is InChI=1S/C14H23N3S/c1-3-7-15-14-5-4-12(9-16-14)10-17(2)13-6-8-18-11-13/h4-5,9,13H,3,6-8,10-11H2,1-2H3,(H,15,16). The van der Waals surface area contributed by atoms with Crippen LogP contribution in [0, 0.1) is 0 Å². The highest BCUT2D eigenvalue weighted by molar-refractivity contribution is 7.99. The third kappa shape index (κ3) is 3.89. The van der Waals surface area contributed by atoms with Gasteiger partial charge >= 0.3 is 0 Å². The second kappa shape index (κ2) is 7.00. The van der Waals surface area contributed by atoms with Crippen LogP contribution in [0.25, 0.3) is 0 Å². The summed E-state index contributed by atoms with van der Waals surface area (Å²) >= 11 is 2.07. The Labute approximate surface area is 114 Å². The van der Waals surface area contributed by atoms with Gasteiger partial charge in [0.15, 0.2) is 0 Å². The number of thioether (sulfide) groups is 1. The predicted octanol–water partition coefficient (Wildman–Crippen LogP) is 2.84. The Bertz CT molecular complexity index is 347. The van der Waals surface area contributed by atoms with Gasteiger partial charge in [0.1, 0.15) is 5.82 Å². The fraction of sp³-hybridized carbons (Fsp3) is 0.643. The Kier molecular flexibility index (Phi) is 5.32. The minimum absolute atomic E-state index is 0.743. The Morgan fingerprint density at radius 1 is 1.50 bits per heavy atom. The normalized spacial score (nSPS) is 19.4. The van der Waals surface area contributed by atoms with Crippen molar-refractivity contribution in [3.63, 3.8) is 0 Å². The maximum atomic E-state index is 4.45. The number of nitrogens with zero attached hydrogens (tertiary/aromatic N) is 2. The molecule has 1 aliphatic heterocycles. The van der Waals surface area contributed by atoms with Crippen LogP contribution in [0.5, 0.6) is 0 Å². The maximum absolute atomic E-state index is 4.45. The molecule has 1 aromatic rings. The molecule has 4 heteroatoms. The average molecular weight is 265 g/mol. The first kappa shape index (κ1) is 13.7. The van der Waals surface area contributed by atoms with E-state index in [0.29, 0.717) is 0 Å². The number of hydrogen-bond acceptors (Lipinski definition) is 4. The lowest BCUT2D eigenvalue weighted by Gasteiger charge is -2.23. The number of nitrogens with one attached hydrogen (secondary N) is 1. The first-order valence-electron chi connectivity index (χ1n) is 6.76. The van der Waals surface area contributed by atoms with Crippen LogP contribution in [-0.2, 0) is 6.54 Å². The van der Waals surface area contributed by atoms with E-state index in [0.717, 1.165) is 31.4 Å². The van der Waals surface area contributed by atoms with E-state index in [9.17, 15) is 0 Å². The van der Waals surface area contributed by atoms with Gasteiger partial charge in [0.25, 0.3) is 0 Å². The number of hydrogen-bond donors (Lipinski definition) is 1. The molecule has 0 radical (unpaired) electrons. The van der Waals surface area contributed by atoms with Crippen LogP contribution in [0.4, 0.5) is 5.82 Å². The number of anilines is 1. The van der Waals surface area contributed by atoms with Gasteiger partial charge in [-0.3, -0.25) is 4.90 Å². The molecule has 0 spiro atoms. The van der Waals surface area contributed by atoms with Crippen molar-refractivity contribution in [3.8, 4) is 0 Å². The van der Waals surface area contributed by atoms with Crippen molar-refractivity contribution in [2.45, 2.75) is 32.4 Å². The van der Waals surface area contributed by atoms with Crippen molar-refractivity contribution in [2.75, 3.05) is 30.4 Å². The van der Waals surface area contributed by atoms with E-state index in [1.54, 1.807) is 0 Å². The molecule has 1 atom stereocenters. The summed E-state index contributed by atoms with van der Waals surface area (Å²) in [6.45, 7) is 4.16. The van der Waals surface area contributed by atoms with Gasteiger partial charge in [-0.2, -0.15) is 11.8 Å². The molecule has 1 aromatic heterocycles. The van der Waals surface area contributed by atoms with Crippen LogP contribution in [-0.4, -0.2) is 41.0 Å². The third-order valence-corrected chi connectivity index (χ3v) is 4.49. The van der Waals surface area contributed by atoms with Crippen molar-refractivity contribution in [2.24, 2.45) is 0 Å². The van der Waals surface area contributed by atoms with Crippen molar-refractivity contribution in [1.82, 2.24) is 9.88 Å². The topological polar surface area (TPSA) is 28.2 Å². The predicted molar refractivity (Wildman–Crippen MR) is 80.2 cm³/mol. The van der Waals surface area contributed by atoms with Crippen molar-refractivity contribution in [3.05, 3.63) is 23.9 Å². The lowest BCUT2D eigenvalue weighted by atomic mass is 10.2. The van der Waals surface area contributed by atoms with Gasteiger partial charge in [-0.15, -0.1) is 0 Å². The average Bonchev–Trinajstić information content (AvgIpc) is 2.92. The van der Waals surface area contributed by atoms with Gasteiger partial charge in [0.2, 0.25) is 0 Å². The molecule has 1 N–H and O–H groups in total. The van der Waals surface area contributed by atoms with E-state index in [-0.39, 0.29) is 0 Å². The zero-order valence-corrected chi connectivity index (χ0v) is 12.2. The van der Waals surface area contributed by atoms with Gasteiger partial charge in [-0.25, -0.2) is 4.98 Å². The summed E-state index contributed by atoms with van der Waals surface area (Å²) in [7, 11) is 2.22. The second-order valence-corrected chi connectivity index (χ2v) is 6.06. The minimum atomic E-state index is 0.743. The van der Waals surface area contributed by atoms with Crippen LogP contribution < -0.4 is 5.32 Å². The number of pyridine rings is 1. The third-order valence-electron chi connectivity index (χ3n) is 3.34. The summed E-state index contributed by atoms with van der Waals surface area (Å²) in [5, 5.41) is 3.30. The summed E-state index contributed by atoms with van der Waals surface area (Å²) in [5.41, 5.74) is 1.30. The van der Waals surface area contributed by atoms with Crippen LogP contribution in [0.2, 0.25) is 0 Å². The van der Waals surface area contributed by atoms with E-state index < -0.39 is 0 Å². The van der Waals surface area contributed by atoms with Crippen LogP contribution in [0.1, 0.15) is 25.3 Å². The Balaban J connectivity index is 1.85. The SMILES string of the molecule is CCCNc1ccc(CN(C)C2CCSC2)cn1. The highest BCUT2D eigenvalue weighted by Crippen LogP contribution is 2.22. The first-order valence-corrected chi connectivity index (χ1v) is 7.92. The number of rotatable bonds is 6. The molecule has 1 fully saturated rings. The van der Waals surface area contributed by atoms with Gasteiger partial charge < -0.3 is 5.32 Å². The molecule has 0 aliphatic carbocycles. The van der Waals surface area contributed by atoms with Crippen molar-refractivity contribution >= 4 is 17.6 Å². The quantitative estimate of drug-likeness (QED) is 0.856. The van der Waals surface area contributed by atoms with Gasteiger partial charge in [0.05, 0.1) is 0 Å². The molecular weight excluding hydrogens is 242 g/mol. The summed E-state index contributed by atoms with van der Waals surface area (Å²) in [6, 6.07) is 5.01. The molecule has 1 saturated heterocycles. The lowest BCUT2D eigenvalue weighted by molar-refractivity contribution is 0.254. The number of aromatic nitrogens is 1. The monoisotopic (exact) mass is 265 g/mol. The second-order valence-electron chi connectivity index (χ2n) is 4.91. The first-order chi connectivity index (χ1) is 8.79. The van der Waals surface area contributed by atoms with Crippen molar-refractivity contribution < 1.29 is 0 Å². The molecule has 0 aromatic carbocycles. The summed E-state index contributed by atoms with van der Waals surface area (Å²) in [6.07, 6.45) is 4.45.